The Morgan fingerprint density at radius 3 is 2.90 bits per heavy atom. The van der Waals surface area contributed by atoms with Crippen LogP contribution in [-0.4, -0.2) is 37.0 Å². The van der Waals surface area contributed by atoms with E-state index in [2.05, 4.69) is 6.92 Å². The Kier molecular flexibility index (Phi) is 7.15. The van der Waals surface area contributed by atoms with Gasteiger partial charge < -0.3 is 15.4 Å². The van der Waals surface area contributed by atoms with Crippen LogP contribution in [0.15, 0.2) is 24.3 Å². The first-order valence-electron chi connectivity index (χ1n) is 7.24. The highest BCUT2D eigenvalue weighted by atomic mass is 35.5. The molecule has 2 atom stereocenters. The monoisotopic (exact) mass is 312 g/mol. The van der Waals surface area contributed by atoms with E-state index in [1.807, 2.05) is 29.2 Å². The van der Waals surface area contributed by atoms with Crippen molar-refractivity contribution in [3.63, 3.8) is 0 Å². The first kappa shape index (κ1) is 18.0. The van der Waals surface area contributed by atoms with Gasteiger partial charge >= 0.3 is 0 Å². The highest BCUT2D eigenvalue weighted by Crippen LogP contribution is 2.24. The van der Waals surface area contributed by atoms with Crippen molar-refractivity contribution in [1.82, 2.24) is 4.90 Å². The number of carbonyl (C=O) groups excluding carboxylic acids is 1. The molecule has 0 bridgehead atoms. The Morgan fingerprint density at radius 1 is 1.48 bits per heavy atom. The number of likely N-dealkylation sites (tertiary alicyclic amines) is 1. The van der Waals surface area contributed by atoms with Crippen molar-refractivity contribution >= 4 is 18.3 Å². The Labute approximate surface area is 133 Å². The lowest BCUT2D eigenvalue weighted by Gasteiger charge is -2.38. The van der Waals surface area contributed by atoms with Gasteiger partial charge in [0, 0.05) is 31.8 Å². The highest BCUT2D eigenvalue weighted by Gasteiger charge is 2.29. The molecule has 0 radical (unpaired) electrons. The predicted molar refractivity (Wildman–Crippen MR) is 86.7 cm³/mol. The van der Waals surface area contributed by atoms with Crippen LogP contribution in [0.1, 0.15) is 35.7 Å². The van der Waals surface area contributed by atoms with Gasteiger partial charge in [0.15, 0.2) is 0 Å². The highest BCUT2D eigenvalue weighted by molar-refractivity contribution is 5.94. The maximum Gasteiger partial charge on any atom is 0.254 e. The number of hydrogen-bond donors (Lipinski definition) is 1. The Bertz CT molecular complexity index is 467. The van der Waals surface area contributed by atoms with Crippen molar-refractivity contribution in [1.29, 1.82) is 0 Å². The molecule has 0 spiro atoms. The number of amides is 1. The molecule has 1 aromatic carbocycles. The summed E-state index contributed by atoms with van der Waals surface area (Å²) in [6.45, 7) is 4.09. The first-order valence-corrected chi connectivity index (χ1v) is 7.24. The van der Waals surface area contributed by atoms with E-state index in [9.17, 15) is 4.79 Å². The van der Waals surface area contributed by atoms with Crippen molar-refractivity contribution in [2.45, 2.75) is 32.4 Å². The average molecular weight is 313 g/mol. The van der Waals surface area contributed by atoms with Crippen molar-refractivity contribution in [2.75, 3.05) is 20.2 Å². The fraction of sp³-hybridized carbons (Fsp3) is 0.562. The van der Waals surface area contributed by atoms with E-state index in [0.29, 0.717) is 19.1 Å². The minimum absolute atomic E-state index is 0. The number of hydrogen-bond acceptors (Lipinski definition) is 3. The summed E-state index contributed by atoms with van der Waals surface area (Å²) in [5, 5.41) is 0. The molecule has 5 heteroatoms. The van der Waals surface area contributed by atoms with Gasteiger partial charge in [-0.2, -0.15) is 0 Å². The van der Waals surface area contributed by atoms with Crippen LogP contribution in [0.2, 0.25) is 0 Å². The second kappa shape index (κ2) is 8.37. The lowest BCUT2D eigenvalue weighted by Crippen LogP contribution is -2.49. The molecule has 2 rings (SSSR count). The SMILES string of the molecule is COCc1cccc(C(=O)N2CCC(C)CC2CN)c1.Cl. The van der Waals surface area contributed by atoms with Gasteiger partial charge in [-0.15, -0.1) is 12.4 Å². The molecule has 0 aromatic heterocycles. The van der Waals surface area contributed by atoms with Gasteiger partial charge in [-0.25, -0.2) is 0 Å². The summed E-state index contributed by atoms with van der Waals surface area (Å²) in [5.74, 6) is 0.734. The largest absolute Gasteiger partial charge is 0.380 e. The molecular formula is C16H25ClN2O2. The molecule has 118 valence electrons. The minimum Gasteiger partial charge on any atom is -0.380 e. The van der Waals surface area contributed by atoms with Crippen molar-refractivity contribution < 1.29 is 9.53 Å². The predicted octanol–water partition coefficient (Wildman–Crippen LogP) is 2.45. The van der Waals surface area contributed by atoms with E-state index in [1.165, 1.54) is 0 Å². The maximum absolute atomic E-state index is 12.7. The molecular weight excluding hydrogens is 288 g/mol. The Hall–Kier alpha value is -1.10. The summed E-state index contributed by atoms with van der Waals surface area (Å²) < 4.78 is 5.12. The van der Waals surface area contributed by atoms with Crippen LogP contribution in [0.25, 0.3) is 0 Å². The summed E-state index contributed by atoms with van der Waals surface area (Å²) in [6, 6.07) is 7.83. The third-order valence-electron chi connectivity index (χ3n) is 4.00. The summed E-state index contributed by atoms with van der Waals surface area (Å²) in [6.07, 6.45) is 2.06. The van der Waals surface area contributed by atoms with E-state index in [1.54, 1.807) is 7.11 Å². The minimum atomic E-state index is 0. The first-order chi connectivity index (χ1) is 9.65. The van der Waals surface area contributed by atoms with Gasteiger partial charge in [0.05, 0.1) is 6.61 Å². The van der Waals surface area contributed by atoms with E-state index < -0.39 is 0 Å². The molecule has 1 amide bonds. The molecule has 1 heterocycles. The molecule has 0 aliphatic carbocycles. The standard InChI is InChI=1S/C16H24N2O2.ClH/c1-12-6-7-18(15(8-12)10-17)16(19)14-5-3-4-13(9-14)11-20-2;/h3-5,9,12,15H,6-8,10-11,17H2,1-2H3;1H. The summed E-state index contributed by atoms with van der Waals surface area (Å²) in [7, 11) is 1.66. The third kappa shape index (κ3) is 4.43. The van der Waals surface area contributed by atoms with Crippen LogP contribution >= 0.6 is 12.4 Å². The normalized spacial score (nSPS) is 21.8. The molecule has 1 aromatic rings. The van der Waals surface area contributed by atoms with Crippen molar-refractivity contribution in [2.24, 2.45) is 11.7 Å². The van der Waals surface area contributed by atoms with Crippen LogP contribution in [0.3, 0.4) is 0 Å². The quantitative estimate of drug-likeness (QED) is 0.929. The molecule has 0 saturated carbocycles. The zero-order valence-corrected chi connectivity index (χ0v) is 13.6. The lowest BCUT2D eigenvalue weighted by molar-refractivity contribution is 0.0573. The topological polar surface area (TPSA) is 55.6 Å². The number of ether oxygens (including phenoxy) is 1. The summed E-state index contributed by atoms with van der Waals surface area (Å²) >= 11 is 0. The fourth-order valence-corrected chi connectivity index (χ4v) is 2.87. The number of halogens is 1. The Balaban J connectivity index is 0.00000220. The number of methoxy groups -OCH3 is 1. The Morgan fingerprint density at radius 2 is 2.24 bits per heavy atom. The van der Waals surface area contributed by atoms with Gasteiger partial charge in [-0.05, 0) is 36.5 Å². The molecule has 1 aliphatic heterocycles. The molecule has 4 nitrogen and oxygen atoms in total. The van der Waals surface area contributed by atoms with Crippen LogP contribution in [0.4, 0.5) is 0 Å². The van der Waals surface area contributed by atoms with Crippen molar-refractivity contribution in [3.8, 4) is 0 Å². The average Bonchev–Trinajstić information content (AvgIpc) is 2.47. The number of benzene rings is 1. The number of nitrogens with two attached hydrogens (primary N) is 1. The number of nitrogens with zero attached hydrogens (tertiary/aromatic N) is 1. The molecule has 1 fully saturated rings. The summed E-state index contributed by atoms with van der Waals surface area (Å²) in [4.78, 5) is 14.6. The number of piperidine rings is 1. The molecule has 1 saturated heterocycles. The van der Waals surface area contributed by atoms with Gasteiger partial charge in [0.1, 0.15) is 0 Å². The fourth-order valence-electron chi connectivity index (χ4n) is 2.87. The van der Waals surface area contributed by atoms with Crippen LogP contribution in [0, 0.1) is 5.92 Å². The van der Waals surface area contributed by atoms with Gasteiger partial charge in [-0.1, -0.05) is 19.1 Å². The van der Waals surface area contributed by atoms with E-state index in [0.717, 1.165) is 30.5 Å². The van der Waals surface area contributed by atoms with Crippen molar-refractivity contribution in [3.05, 3.63) is 35.4 Å². The van der Waals surface area contributed by atoms with E-state index in [-0.39, 0.29) is 24.4 Å². The zero-order valence-electron chi connectivity index (χ0n) is 12.7. The van der Waals surface area contributed by atoms with Crippen LogP contribution in [-0.2, 0) is 11.3 Å². The molecule has 2 N–H and O–H groups in total. The lowest BCUT2D eigenvalue weighted by atomic mass is 9.92. The zero-order chi connectivity index (χ0) is 14.5. The molecule has 1 aliphatic rings. The van der Waals surface area contributed by atoms with Gasteiger partial charge in [0.2, 0.25) is 0 Å². The third-order valence-corrected chi connectivity index (χ3v) is 4.00. The van der Waals surface area contributed by atoms with Gasteiger partial charge in [0.25, 0.3) is 5.91 Å². The number of carbonyl (C=O) groups is 1. The summed E-state index contributed by atoms with van der Waals surface area (Å²) in [5.41, 5.74) is 7.59. The van der Waals surface area contributed by atoms with E-state index >= 15 is 0 Å². The second-order valence-electron chi connectivity index (χ2n) is 5.65. The van der Waals surface area contributed by atoms with E-state index in [4.69, 9.17) is 10.5 Å². The smallest absolute Gasteiger partial charge is 0.254 e. The molecule has 2 unspecified atom stereocenters. The molecule has 21 heavy (non-hydrogen) atoms. The van der Waals surface area contributed by atoms with Gasteiger partial charge in [-0.3, -0.25) is 4.79 Å². The number of rotatable bonds is 4. The van der Waals surface area contributed by atoms with Crippen LogP contribution in [0.5, 0.6) is 0 Å². The second-order valence-corrected chi connectivity index (χ2v) is 5.65. The maximum atomic E-state index is 12.7. The van der Waals surface area contributed by atoms with Crippen LogP contribution < -0.4 is 5.73 Å².